The Morgan fingerprint density at radius 2 is 2.25 bits per heavy atom. The second-order valence-corrected chi connectivity index (χ2v) is 3.66. The van der Waals surface area contributed by atoms with Gasteiger partial charge in [0.1, 0.15) is 0 Å². The van der Waals surface area contributed by atoms with E-state index in [1.165, 1.54) is 7.11 Å². The van der Waals surface area contributed by atoms with Crippen molar-refractivity contribution in [2.45, 2.75) is 0 Å². The van der Waals surface area contributed by atoms with E-state index in [4.69, 9.17) is 11.6 Å². The number of carbonyl (C=O) groups is 2. The molecule has 0 saturated heterocycles. The number of esters is 1. The maximum Gasteiger partial charge on any atom is 0.331 e. The average Bonchev–Trinajstić information content (AvgIpc) is 2.55. The van der Waals surface area contributed by atoms with Gasteiger partial charge in [0.15, 0.2) is 0 Å². The number of nitrogens with one attached hydrogen (secondary N) is 1. The fourth-order valence-corrected chi connectivity index (χ4v) is 1.65. The molecule has 0 atom stereocenters. The molecule has 0 spiro atoms. The van der Waals surface area contributed by atoms with Crippen LogP contribution in [0.5, 0.6) is 0 Å². The number of rotatable bonds is 1. The molecule has 0 saturated carbocycles. The summed E-state index contributed by atoms with van der Waals surface area (Å²) in [5.74, 6) is -0.902. The van der Waals surface area contributed by atoms with Gasteiger partial charge in [-0.05, 0) is 18.2 Å². The van der Waals surface area contributed by atoms with Crippen molar-refractivity contribution in [1.82, 2.24) is 0 Å². The molecule has 0 unspecified atom stereocenters. The van der Waals surface area contributed by atoms with Crippen LogP contribution in [0.4, 0.5) is 5.69 Å². The first-order valence-electron chi connectivity index (χ1n) is 4.52. The lowest BCUT2D eigenvalue weighted by molar-refractivity contribution is -0.134. The summed E-state index contributed by atoms with van der Waals surface area (Å²) in [5.41, 5.74) is 1.52. The summed E-state index contributed by atoms with van der Waals surface area (Å²) in [7, 11) is 1.26. The van der Waals surface area contributed by atoms with Gasteiger partial charge >= 0.3 is 5.97 Å². The molecule has 0 radical (unpaired) electrons. The molecule has 1 aliphatic rings. The van der Waals surface area contributed by atoms with E-state index < -0.39 is 5.97 Å². The number of hydrogen-bond acceptors (Lipinski definition) is 3. The van der Waals surface area contributed by atoms with Gasteiger partial charge in [-0.3, -0.25) is 4.79 Å². The monoisotopic (exact) mass is 237 g/mol. The molecule has 1 amide bonds. The number of carbonyl (C=O) groups excluding carboxylic acids is 2. The van der Waals surface area contributed by atoms with Crippen molar-refractivity contribution in [2.75, 3.05) is 12.4 Å². The maximum atomic E-state index is 11.6. The molecule has 0 bridgehead atoms. The van der Waals surface area contributed by atoms with E-state index in [0.29, 0.717) is 16.3 Å². The van der Waals surface area contributed by atoms with Gasteiger partial charge in [-0.25, -0.2) is 4.79 Å². The Labute approximate surface area is 96.9 Å². The van der Waals surface area contributed by atoms with Crippen LogP contribution in [0.1, 0.15) is 5.56 Å². The number of benzene rings is 1. The second-order valence-electron chi connectivity index (χ2n) is 3.23. The number of ether oxygens (including phenoxy) is 1. The topological polar surface area (TPSA) is 55.4 Å². The lowest BCUT2D eigenvalue weighted by Gasteiger charge is -1.98. The zero-order valence-corrected chi connectivity index (χ0v) is 9.17. The van der Waals surface area contributed by atoms with Crippen LogP contribution in [0, 0.1) is 0 Å². The second kappa shape index (κ2) is 3.98. The lowest BCUT2D eigenvalue weighted by Crippen LogP contribution is -2.06. The standard InChI is InChI=1S/C11H8ClNO3/c1-16-10(14)5-8-7-4-6(12)2-3-9(7)13-11(8)15/h2-5H,1H3,(H,13,15)/b8-5+. The molecule has 1 aliphatic heterocycles. The van der Waals surface area contributed by atoms with Crippen LogP contribution in [0.3, 0.4) is 0 Å². The first-order valence-corrected chi connectivity index (χ1v) is 4.90. The van der Waals surface area contributed by atoms with Gasteiger partial charge in [0.2, 0.25) is 0 Å². The van der Waals surface area contributed by atoms with Crippen LogP contribution >= 0.6 is 11.6 Å². The Hall–Kier alpha value is -1.81. The highest BCUT2D eigenvalue weighted by Gasteiger charge is 2.25. The first-order chi connectivity index (χ1) is 7.61. The summed E-state index contributed by atoms with van der Waals surface area (Å²) in [6.45, 7) is 0. The number of fused-ring (bicyclic) bond motifs is 1. The Balaban J connectivity index is 2.50. The van der Waals surface area contributed by atoms with Crippen molar-refractivity contribution < 1.29 is 14.3 Å². The predicted octanol–water partition coefficient (Wildman–Crippen LogP) is 1.85. The number of methoxy groups -OCH3 is 1. The molecule has 1 aromatic rings. The fourth-order valence-electron chi connectivity index (χ4n) is 1.48. The molecule has 1 N–H and O–H groups in total. The van der Waals surface area contributed by atoms with Crippen molar-refractivity contribution in [2.24, 2.45) is 0 Å². The average molecular weight is 238 g/mol. The highest BCUT2D eigenvalue weighted by atomic mass is 35.5. The molecule has 2 rings (SSSR count). The van der Waals surface area contributed by atoms with Gasteiger partial charge in [0.05, 0.1) is 12.7 Å². The zero-order chi connectivity index (χ0) is 11.7. The normalized spacial score (nSPS) is 15.9. The third kappa shape index (κ3) is 1.79. The van der Waals surface area contributed by atoms with Crippen LogP contribution in [0.15, 0.2) is 24.3 Å². The summed E-state index contributed by atoms with van der Waals surface area (Å²) < 4.78 is 4.48. The van der Waals surface area contributed by atoms with Gasteiger partial charge in [0.25, 0.3) is 5.91 Å². The molecular formula is C11H8ClNO3. The summed E-state index contributed by atoms with van der Waals surface area (Å²) >= 11 is 5.82. The summed E-state index contributed by atoms with van der Waals surface area (Å²) in [4.78, 5) is 22.7. The smallest absolute Gasteiger partial charge is 0.331 e. The lowest BCUT2D eigenvalue weighted by atomic mass is 10.1. The van der Waals surface area contributed by atoms with E-state index in [2.05, 4.69) is 10.1 Å². The summed E-state index contributed by atoms with van der Waals surface area (Å²) in [6, 6.07) is 4.99. The molecule has 1 heterocycles. The Morgan fingerprint density at radius 1 is 1.50 bits per heavy atom. The van der Waals surface area contributed by atoms with Crippen LogP contribution in [0.2, 0.25) is 5.02 Å². The highest BCUT2D eigenvalue weighted by molar-refractivity contribution is 6.35. The van der Waals surface area contributed by atoms with Crippen LogP contribution in [-0.4, -0.2) is 19.0 Å². The quantitative estimate of drug-likeness (QED) is 0.599. The number of amides is 1. The van der Waals surface area contributed by atoms with Crippen LogP contribution in [-0.2, 0) is 14.3 Å². The van der Waals surface area contributed by atoms with Crippen molar-refractivity contribution in [3.63, 3.8) is 0 Å². The van der Waals surface area contributed by atoms with Crippen molar-refractivity contribution in [3.8, 4) is 0 Å². The van der Waals surface area contributed by atoms with Crippen molar-refractivity contribution in [1.29, 1.82) is 0 Å². The van der Waals surface area contributed by atoms with E-state index in [-0.39, 0.29) is 11.5 Å². The molecule has 1 aromatic carbocycles. The minimum absolute atomic E-state index is 0.268. The van der Waals surface area contributed by atoms with Gasteiger partial charge in [-0.15, -0.1) is 0 Å². The van der Waals surface area contributed by atoms with Gasteiger partial charge < -0.3 is 10.1 Å². The van der Waals surface area contributed by atoms with E-state index in [9.17, 15) is 9.59 Å². The largest absolute Gasteiger partial charge is 0.466 e. The van der Waals surface area contributed by atoms with Crippen molar-refractivity contribution in [3.05, 3.63) is 34.9 Å². The van der Waals surface area contributed by atoms with E-state index in [1.807, 2.05) is 0 Å². The molecule has 4 nitrogen and oxygen atoms in total. The number of anilines is 1. The summed E-state index contributed by atoms with van der Waals surface area (Å²) in [6.07, 6.45) is 1.15. The minimum atomic E-state index is -0.571. The van der Waals surface area contributed by atoms with E-state index in [1.54, 1.807) is 18.2 Å². The number of halogens is 1. The van der Waals surface area contributed by atoms with Gasteiger partial charge in [0, 0.05) is 22.3 Å². The highest BCUT2D eigenvalue weighted by Crippen LogP contribution is 2.33. The van der Waals surface area contributed by atoms with Gasteiger partial charge in [-0.1, -0.05) is 11.6 Å². The molecule has 5 heteroatoms. The SMILES string of the molecule is COC(=O)/C=C1/C(=O)Nc2ccc(Cl)cc21. The molecule has 82 valence electrons. The third-order valence-electron chi connectivity index (χ3n) is 2.23. The maximum absolute atomic E-state index is 11.6. The first kappa shape index (κ1) is 10.7. The molecular weight excluding hydrogens is 230 g/mol. The number of hydrogen-bond donors (Lipinski definition) is 1. The molecule has 0 fully saturated rings. The minimum Gasteiger partial charge on any atom is -0.466 e. The Morgan fingerprint density at radius 3 is 2.94 bits per heavy atom. The zero-order valence-electron chi connectivity index (χ0n) is 8.41. The Kier molecular flexibility index (Phi) is 2.66. The predicted molar refractivity (Wildman–Crippen MR) is 60.1 cm³/mol. The van der Waals surface area contributed by atoms with E-state index >= 15 is 0 Å². The molecule has 0 aromatic heterocycles. The fraction of sp³-hybridized carbons (Fsp3) is 0.0909. The van der Waals surface area contributed by atoms with Crippen LogP contribution in [0.25, 0.3) is 5.57 Å². The summed E-state index contributed by atoms with van der Waals surface area (Å²) in [5, 5.41) is 3.14. The van der Waals surface area contributed by atoms with Gasteiger partial charge in [-0.2, -0.15) is 0 Å². The Bertz CT molecular complexity index is 508. The molecule has 16 heavy (non-hydrogen) atoms. The third-order valence-corrected chi connectivity index (χ3v) is 2.46. The molecule has 0 aliphatic carbocycles. The van der Waals surface area contributed by atoms with E-state index in [0.717, 1.165) is 6.08 Å². The van der Waals surface area contributed by atoms with Crippen LogP contribution < -0.4 is 5.32 Å². The van der Waals surface area contributed by atoms with Crippen molar-refractivity contribution >= 4 is 34.7 Å².